The lowest BCUT2D eigenvalue weighted by molar-refractivity contribution is -0.137. The zero-order chi connectivity index (χ0) is 24.0. The monoisotopic (exact) mass is 465 g/mol. The number of alkyl halides is 6. The minimum absolute atomic E-state index is 0.123. The fraction of sp³-hybridized carbons (Fsp3) is 0.0909. The number of para-hydroxylation sites is 2. The largest absolute Gasteiger partial charge is 0.418 e. The number of hydrogen-bond donors (Lipinski definition) is 3. The maximum absolute atomic E-state index is 13.4. The van der Waals surface area contributed by atoms with Crippen LogP contribution in [0.5, 0.6) is 0 Å². The summed E-state index contributed by atoms with van der Waals surface area (Å²) in [5.74, 6) is -1.55. The van der Waals surface area contributed by atoms with E-state index < -0.39 is 35.3 Å². The highest BCUT2D eigenvalue weighted by atomic mass is 19.4. The molecular weight excluding hydrogens is 452 g/mol. The number of hydrogen-bond acceptors (Lipinski definition) is 4. The van der Waals surface area contributed by atoms with Crippen molar-refractivity contribution < 1.29 is 35.9 Å². The fourth-order valence-corrected chi connectivity index (χ4v) is 3.39. The Morgan fingerprint density at radius 1 is 0.576 bits per heavy atom. The molecule has 1 heterocycles. The zero-order valence-corrected chi connectivity index (χ0v) is 16.4. The van der Waals surface area contributed by atoms with E-state index in [0.29, 0.717) is 0 Å². The van der Waals surface area contributed by atoms with Gasteiger partial charge in [-0.05, 0) is 36.4 Å². The third-order valence-corrected chi connectivity index (χ3v) is 4.88. The number of fused-ring (bicyclic) bond motifs is 1. The highest BCUT2D eigenvalue weighted by molar-refractivity contribution is 6.22. The van der Waals surface area contributed by atoms with Crippen LogP contribution in [0, 0.1) is 0 Å². The quantitative estimate of drug-likeness (QED) is 0.322. The SMILES string of the molecule is O=C1NC(=O)c2cc(Nc3ccccc3C(F)(F)F)c(Nc3ccccc3C(F)(F)F)cc21. The summed E-state index contributed by atoms with van der Waals surface area (Å²) in [4.78, 5) is 24.1. The second kappa shape index (κ2) is 7.84. The normalized spacial score (nSPS) is 13.5. The van der Waals surface area contributed by atoms with Gasteiger partial charge in [0, 0.05) is 0 Å². The summed E-state index contributed by atoms with van der Waals surface area (Å²) in [6, 6.07) is 11.2. The van der Waals surface area contributed by atoms with Crippen molar-refractivity contribution in [2.45, 2.75) is 12.4 Å². The van der Waals surface area contributed by atoms with Gasteiger partial charge in [-0.25, -0.2) is 0 Å². The van der Waals surface area contributed by atoms with Gasteiger partial charge in [-0.3, -0.25) is 14.9 Å². The van der Waals surface area contributed by atoms with Gasteiger partial charge in [-0.2, -0.15) is 26.3 Å². The van der Waals surface area contributed by atoms with E-state index in [9.17, 15) is 35.9 Å². The van der Waals surface area contributed by atoms with Gasteiger partial charge in [0.1, 0.15) is 0 Å². The lowest BCUT2D eigenvalue weighted by Crippen LogP contribution is -2.19. The van der Waals surface area contributed by atoms with Crippen molar-refractivity contribution in [2.24, 2.45) is 0 Å². The Kier molecular flexibility index (Phi) is 5.27. The summed E-state index contributed by atoms with van der Waals surface area (Å²) in [5.41, 5.74) is -3.33. The molecule has 170 valence electrons. The van der Waals surface area contributed by atoms with Gasteiger partial charge in [0.05, 0.1) is 45.0 Å². The van der Waals surface area contributed by atoms with Crippen LogP contribution in [0.2, 0.25) is 0 Å². The summed E-state index contributed by atoms with van der Waals surface area (Å²) in [6.45, 7) is 0. The molecule has 3 N–H and O–H groups in total. The summed E-state index contributed by atoms with van der Waals surface area (Å²) >= 11 is 0. The second-order valence-electron chi connectivity index (χ2n) is 7.06. The van der Waals surface area contributed by atoms with Crippen LogP contribution >= 0.6 is 0 Å². The number of carbonyl (C=O) groups excluding carboxylic acids is 2. The van der Waals surface area contributed by atoms with Gasteiger partial charge in [-0.1, -0.05) is 24.3 Å². The lowest BCUT2D eigenvalue weighted by Gasteiger charge is -2.20. The average molecular weight is 465 g/mol. The van der Waals surface area contributed by atoms with Gasteiger partial charge in [0.2, 0.25) is 0 Å². The number of halogens is 6. The minimum atomic E-state index is -4.72. The molecule has 4 rings (SSSR count). The summed E-state index contributed by atoms with van der Waals surface area (Å²) < 4.78 is 80.6. The molecule has 0 saturated heterocycles. The van der Waals surface area contributed by atoms with Gasteiger partial charge in [0.15, 0.2) is 0 Å². The van der Waals surface area contributed by atoms with Gasteiger partial charge < -0.3 is 10.6 Å². The van der Waals surface area contributed by atoms with E-state index in [1.807, 2.05) is 5.32 Å². The van der Waals surface area contributed by atoms with E-state index in [0.717, 1.165) is 36.4 Å². The van der Waals surface area contributed by atoms with Crippen LogP contribution in [0.1, 0.15) is 31.8 Å². The van der Waals surface area contributed by atoms with Gasteiger partial charge >= 0.3 is 12.4 Å². The Labute approximate surface area is 182 Å². The van der Waals surface area contributed by atoms with Crippen molar-refractivity contribution in [1.29, 1.82) is 0 Å². The Morgan fingerprint density at radius 2 is 0.939 bits per heavy atom. The Balaban J connectivity index is 1.85. The molecule has 0 saturated carbocycles. The van der Waals surface area contributed by atoms with E-state index in [4.69, 9.17) is 0 Å². The van der Waals surface area contributed by atoms with Crippen LogP contribution in [0.4, 0.5) is 49.1 Å². The summed E-state index contributed by atoms with van der Waals surface area (Å²) in [5, 5.41) is 7.11. The molecule has 33 heavy (non-hydrogen) atoms. The molecule has 0 bridgehead atoms. The predicted octanol–water partition coefficient (Wildman–Crippen LogP) is 6.10. The Bertz CT molecular complexity index is 1170. The van der Waals surface area contributed by atoms with E-state index in [1.165, 1.54) is 24.3 Å². The number of carbonyl (C=O) groups is 2. The van der Waals surface area contributed by atoms with Crippen molar-refractivity contribution in [3.8, 4) is 0 Å². The van der Waals surface area contributed by atoms with Crippen molar-refractivity contribution in [3.63, 3.8) is 0 Å². The molecule has 3 aromatic carbocycles. The molecule has 5 nitrogen and oxygen atoms in total. The number of nitrogens with one attached hydrogen (secondary N) is 3. The molecule has 0 atom stereocenters. The standard InChI is InChI=1S/C22H13F6N3O2/c23-21(24,25)13-5-1-3-7-15(13)29-17-9-11-12(20(33)31-19(11)32)10-18(17)30-16-8-4-2-6-14(16)22(26,27)28/h1-10,29-30H,(H,31,32,33). The first-order valence-corrected chi connectivity index (χ1v) is 9.35. The van der Waals surface area contributed by atoms with Crippen LogP contribution in [0.25, 0.3) is 0 Å². The van der Waals surface area contributed by atoms with E-state index in [2.05, 4.69) is 10.6 Å². The van der Waals surface area contributed by atoms with E-state index >= 15 is 0 Å². The van der Waals surface area contributed by atoms with Crippen LogP contribution in [-0.2, 0) is 12.4 Å². The van der Waals surface area contributed by atoms with Crippen LogP contribution < -0.4 is 16.0 Å². The number of rotatable bonds is 4. The maximum atomic E-state index is 13.4. The van der Waals surface area contributed by atoms with Crippen LogP contribution in [0.15, 0.2) is 60.7 Å². The average Bonchev–Trinajstić information content (AvgIpc) is 3.00. The molecule has 0 aliphatic carbocycles. The third kappa shape index (κ3) is 4.34. The number of benzene rings is 3. The lowest BCUT2D eigenvalue weighted by atomic mass is 10.0. The smallest absolute Gasteiger partial charge is 0.353 e. The molecule has 1 aliphatic heterocycles. The Morgan fingerprint density at radius 3 is 1.30 bits per heavy atom. The number of amides is 2. The maximum Gasteiger partial charge on any atom is 0.418 e. The van der Waals surface area contributed by atoms with Gasteiger partial charge in [-0.15, -0.1) is 0 Å². The molecule has 3 aromatic rings. The third-order valence-electron chi connectivity index (χ3n) is 4.88. The molecule has 11 heteroatoms. The first kappa shape index (κ1) is 22.2. The molecule has 1 aliphatic rings. The van der Waals surface area contributed by atoms with Crippen LogP contribution in [-0.4, -0.2) is 11.8 Å². The molecule has 0 fully saturated rings. The van der Waals surface area contributed by atoms with Crippen molar-refractivity contribution >= 4 is 34.6 Å². The molecule has 2 amide bonds. The molecule has 0 unspecified atom stereocenters. The van der Waals surface area contributed by atoms with E-state index in [1.54, 1.807) is 0 Å². The van der Waals surface area contributed by atoms with Crippen LogP contribution in [0.3, 0.4) is 0 Å². The molecular formula is C22H13F6N3O2. The highest BCUT2D eigenvalue weighted by Gasteiger charge is 2.35. The second-order valence-corrected chi connectivity index (χ2v) is 7.06. The summed E-state index contributed by atoms with van der Waals surface area (Å²) in [7, 11) is 0. The number of anilines is 4. The van der Waals surface area contributed by atoms with Crippen molar-refractivity contribution in [2.75, 3.05) is 10.6 Å². The minimum Gasteiger partial charge on any atom is -0.353 e. The zero-order valence-electron chi connectivity index (χ0n) is 16.4. The van der Waals surface area contributed by atoms with Crippen molar-refractivity contribution in [3.05, 3.63) is 82.9 Å². The summed E-state index contributed by atoms with van der Waals surface area (Å²) in [6.07, 6.45) is -9.44. The topological polar surface area (TPSA) is 70.2 Å². The first-order chi connectivity index (χ1) is 15.4. The van der Waals surface area contributed by atoms with Crippen molar-refractivity contribution in [1.82, 2.24) is 5.32 Å². The predicted molar refractivity (Wildman–Crippen MR) is 108 cm³/mol. The molecule has 0 aromatic heterocycles. The number of imide groups is 1. The Hall–Kier alpha value is -4.02. The molecule has 0 radical (unpaired) electrons. The highest BCUT2D eigenvalue weighted by Crippen LogP contribution is 2.41. The molecule has 0 spiro atoms. The fourth-order valence-electron chi connectivity index (χ4n) is 3.39. The first-order valence-electron chi connectivity index (χ1n) is 9.35. The van der Waals surface area contributed by atoms with E-state index in [-0.39, 0.29) is 33.9 Å². The van der Waals surface area contributed by atoms with Gasteiger partial charge in [0.25, 0.3) is 11.8 Å².